The molecule has 0 fully saturated rings. The number of rotatable bonds is 0. The van der Waals surface area contributed by atoms with Crippen LogP contribution in [0.3, 0.4) is 0 Å². The van der Waals surface area contributed by atoms with Crippen molar-refractivity contribution in [3.8, 4) is 17.0 Å². The van der Waals surface area contributed by atoms with Crippen LogP contribution in [-0.4, -0.2) is 15.1 Å². The fourth-order valence-corrected chi connectivity index (χ4v) is 1.97. The lowest BCUT2D eigenvalue weighted by molar-refractivity contribution is -0.0223. The summed E-state index contributed by atoms with van der Waals surface area (Å²) in [5.74, 6) is 0.830. The van der Waals surface area contributed by atoms with Crippen LogP contribution in [0.1, 0.15) is 17.4 Å². The number of nitrogens with two attached hydrogens (primary N) is 1. The summed E-state index contributed by atoms with van der Waals surface area (Å²) >= 11 is 0. The zero-order valence-corrected chi connectivity index (χ0v) is 9.21. The van der Waals surface area contributed by atoms with Gasteiger partial charge in [-0.2, -0.15) is 0 Å². The molecule has 0 saturated carbocycles. The van der Waals surface area contributed by atoms with Gasteiger partial charge in [0, 0.05) is 11.8 Å². The maximum atomic E-state index is 9.88. The zero-order chi connectivity index (χ0) is 12.0. The average Bonchev–Trinajstić information content (AvgIpc) is 2.31. The molecule has 0 spiro atoms. The summed E-state index contributed by atoms with van der Waals surface area (Å²) in [6.07, 6.45) is 0.451. The molecule has 0 radical (unpaired) electrons. The second kappa shape index (κ2) is 3.43. The van der Waals surface area contributed by atoms with E-state index in [2.05, 4.69) is 9.97 Å². The Hall–Kier alpha value is -2.14. The summed E-state index contributed by atoms with van der Waals surface area (Å²) < 4.78 is 5.46. The zero-order valence-electron chi connectivity index (χ0n) is 9.21. The largest absolute Gasteiger partial charge is 0.460 e. The van der Waals surface area contributed by atoms with Crippen LogP contribution in [0.25, 0.3) is 11.3 Å². The smallest absolute Gasteiger partial charge is 0.227 e. The van der Waals surface area contributed by atoms with Crippen molar-refractivity contribution < 1.29 is 9.84 Å². The van der Waals surface area contributed by atoms with E-state index in [-0.39, 0.29) is 5.95 Å². The van der Waals surface area contributed by atoms with Crippen LogP contribution in [0.15, 0.2) is 24.4 Å². The Morgan fingerprint density at radius 2 is 2.24 bits per heavy atom. The lowest BCUT2D eigenvalue weighted by atomic mass is 10.0. The van der Waals surface area contributed by atoms with Crippen LogP contribution in [0.2, 0.25) is 0 Å². The van der Waals surface area contributed by atoms with Gasteiger partial charge in [0.1, 0.15) is 5.75 Å². The van der Waals surface area contributed by atoms with Crippen molar-refractivity contribution in [2.45, 2.75) is 13.2 Å². The molecule has 0 amide bonds. The second-order valence-electron chi connectivity index (χ2n) is 3.95. The maximum Gasteiger partial charge on any atom is 0.227 e. The van der Waals surface area contributed by atoms with Crippen LogP contribution in [0, 0.1) is 6.92 Å². The lowest BCUT2D eigenvalue weighted by Gasteiger charge is -2.25. The third kappa shape index (κ3) is 1.43. The highest BCUT2D eigenvalue weighted by Gasteiger charge is 2.27. The Bertz CT molecular complexity index is 598. The van der Waals surface area contributed by atoms with E-state index in [0.717, 1.165) is 11.1 Å². The van der Waals surface area contributed by atoms with E-state index >= 15 is 0 Å². The van der Waals surface area contributed by atoms with Crippen molar-refractivity contribution in [2.24, 2.45) is 0 Å². The number of anilines is 1. The molecule has 1 aromatic carbocycles. The molecule has 1 aliphatic rings. The van der Waals surface area contributed by atoms with E-state index < -0.39 is 6.29 Å². The Balaban J connectivity index is 2.32. The number of nitrogens with zero attached hydrogens (tertiary/aromatic N) is 2. The predicted molar refractivity (Wildman–Crippen MR) is 62.2 cm³/mol. The van der Waals surface area contributed by atoms with Gasteiger partial charge in [0.2, 0.25) is 12.2 Å². The van der Waals surface area contributed by atoms with E-state index in [0.29, 0.717) is 17.0 Å². The Morgan fingerprint density at radius 3 is 3.06 bits per heavy atom. The molecule has 0 saturated heterocycles. The van der Waals surface area contributed by atoms with Crippen molar-refractivity contribution in [1.82, 2.24) is 9.97 Å². The highest BCUT2D eigenvalue weighted by atomic mass is 16.6. The normalized spacial score (nSPS) is 16.9. The topological polar surface area (TPSA) is 81.3 Å². The van der Waals surface area contributed by atoms with Gasteiger partial charge in [0.25, 0.3) is 0 Å². The van der Waals surface area contributed by atoms with Gasteiger partial charge in [-0.25, -0.2) is 9.97 Å². The molecule has 5 nitrogen and oxygen atoms in total. The van der Waals surface area contributed by atoms with Gasteiger partial charge in [-0.05, 0) is 18.6 Å². The van der Waals surface area contributed by atoms with Crippen molar-refractivity contribution in [3.63, 3.8) is 0 Å². The quantitative estimate of drug-likeness (QED) is 0.714. The third-order valence-electron chi connectivity index (χ3n) is 2.80. The fraction of sp³-hybridized carbons (Fsp3) is 0.167. The first-order chi connectivity index (χ1) is 8.16. The van der Waals surface area contributed by atoms with Crippen LogP contribution < -0.4 is 10.5 Å². The first kappa shape index (κ1) is 10.0. The van der Waals surface area contributed by atoms with Gasteiger partial charge < -0.3 is 15.6 Å². The van der Waals surface area contributed by atoms with E-state index in [1.165, 1.54) is 6.20 Å². The SMILES string of the molecule is Cc1cccc2c1OC(O)c1cnc(N)nc1-2. The van der Waals surface area contributed by atoms with Gasteiger partial charge in [0.05, 0.1) is 11.3 Å². The highest BCUT2D eigenvalue weighted by Crippen LogP contribution is 2.41. The molecule has 2 heterocycles. The first-order valence-electron chi connectivity index (χ1n) is 5.24. The number of hydrogen-bond donors (Lipinski definition) is 2. The minimum absolute atomic E-state index is 0.185. The molecule has 86 valence electrons. The van der Waals surface area contributed by atoms with Gasteiger partial charge >= 0.3 is 0 Å². The summed E-state index contributed by atoms with van der Waals surface area (Å²) in [4.78, 5) is 8.04. The molecule has 0 bridgehead atoms. The average molecular weight is 229 g/mol. The predicted octanol–water partition coefficient (Wildman–Crippen LogP) is 1.42. The molecule has 3 rings (SSSR count). The molecule has 5 heteroatoms. The summed E-state index contributed by atoms with van der Waals surface area (Å²) in [6.45, 7) is 1.92. The summed E-state index contributed by atoms with van der Waals surface area (Å²) in [5.41, 5.74) is 8.53. The van der Waals surface area contributed by atoms with E-state index in [1.54, 1.807) is 0 Å². The number of ether oxygens (including phenoxy) is 1. The van der Waals surface area contributed by atoms with E-state index in [9.17, 15) is 5.11 Å². The maximum absolute atomic E-state index is 9.88. The van der Waals surface area contributed by atoms with E-state index in [1.807, 2.05) is 25.1 Å². The van der Waals surface area contributed by atoms with E-state index in [4.69, 9.17) is 10.5 Å². The minimum Gasteiger partial charge on any atom is -0.460 e. The molecule has 17 heavy (non-hydrogen) atoms. The first-order valence-corrected chi connectivity index (χ1v) is 5.24. The Kier molecular flexibility index (Phi) is 2.02. The number of para-hydroxylation sites is 1. The van der Waals surface area contributed by atoms with Gasteiger partial charge in [-0.15, -0.1) is 0 Å². The Morgan fingerprint density at radius 1 is 1.41 bits per heavy atom. The van der Waals surface area contributed by atoms with Crippen molar-refractivity contribution >= 4 is 5.95 Å². The number of aryl methyl sites for hydroxylation is 1. The molecule has 3 N–H and O–H groups in total. The van der Waals surface area contributed by atoms with Gasteiger partial charge in [-0.1, -0.05) is 12.1 Å². The highest BCUT2D eigenvalue weighted by molar-refractivity contribution is 5.74. The number of nitrogen functional groups attached to an aromatic ring is 1. The Labute approximate surface area is 97.9 Å². The van der Waals surface area contributed by atoms with Crippen LogP contribution >= 0.6 is 0 Å². The molecule has 1 aliphatic heterocycles. The van der Waals surface area contributed by atoms with Gasteiger partial charge in [0.15, 0.2) is 0 Å². The summed E-state index contributed by atoms with van der Waals surface area (Å²) in [7, 11) is 0. The van der Waals surface area contributed by atoms with Crippen molar-refractivity contribution in [1.29, 1.82) is 0 Å². The lowest BCUT2D eigenvalue weighted by Crippen LogP contribution is -2.16. The number of aromatic nitrogens is 2. The monoisotopic (exact) mass is 229 g/mol. The number of hydrogen-bond acceptors (Lipinski definition) is 5. The van der Waals surface area contributed by atoms with Crippen molar-refractivity contribution in [2.75, 3.05) is 5.73 Å². The number of aliphatic hydroxyl groups excluding tert-OH is 1. The third-order valence-corrected chi connectivity index (χ3v) is 2.80. The molecule has 1 unspecified atom stereocenters. The van der Waals surface area contributed by atoms with Crippen LogP contribution in [0.5, 0.6) is 5.75 Å². The summed E-state index contributed by atoms with van der Waals surface area (Å²) in [5, 5.41) is 9.88. The van der Waals surface area contributed by atoms with Gasteiger partial charge in [-0.3, -0.25) is 0 Å². The standard InChI is InChI=1S/C12H11N3O2/c1-6-3-2-4-7-9-8(5-14-12(13)15-9)11(16)17-10(6)7/h2-5,11,16H,1H3,(H2,13,14,15). The summed E-state index contributed by atoms with van der Waals surface area (Å²) in [6, 6.07) is 5.72. The molecule has 1 atom stereocenters. The number of fused-ring (bicyclic) bond motifs is 3. The molecular formula is C12H11N3O2. The van der Waals surface area contributed by atoms with Crippen LogP contribution in [0.4, 0.5) is 5.95 Å². The number of aliphatic hydroxyl groups is 1. The fourth-order valence-electron chi connectivity index (χ4n) is 1.97. The molecule has 0 aliphatic carbocycles. The molecule has 1 aromatic heterocycles. The number of benzene rings is 1. The molecular weight excluding hydrogens is 218 g/mol. The van der Waals surface area contributed by atoms with Crippen molar-refractivity contribution in [3.05, 3.63) is 35.5 Å². The second-order valence-corrected chi connectivity index (χ2v) is 3.95. The van der Waals surface area contributed by atoms with Crippen LogP contribution in [-0.2, 0) is 0 Å². The minimum atomic E-state index is -1.04. The molecule has 2 aromatic rings.